The molecular formula is C13H16F3NO2. The zero-order valence-corrected chi connectivity index (χ0v) is 10.8. The average Bonchev–Trinajstić information content (AvgIpc) is 2.35. The molecule has 1 aromatic carbocycles. The molecule has 0 saturated heterocycles. The molecule has 0 radical (unpaired) electrons. The first kappa shape index (κ1) is 15.5. The molecule has 0 unspecified atom stereocenters. The summed E-state index contributed by atoms with van der Waals surface area (Å²) in [6, 6.07) is 6.17. The van der Waals surface area contributed by atoms with Gasteiger partial charge in [-0.2, -0.15) is 13.2 Å². The highest BCUT2D eigenvalue weighted by atomic mass is 19.4. The van der Waals surface area contributed by atoms with E-state index in [1.807, 2.05) is 0 Å². The smallest absolute Gasteiger partial charge is 0.460 e. The second-order valence-corrected chi connectivity index (χ2v) is 3.86. The number of carbonyl (C=O) groups excluding carboxylic acids is 1. The van der Waals surface area contributed by atoms with Gasteiger partial charge >= 0.3 is 12.3 Å². The van der Waals surface area contributed by atoms with Gasteiger partial charge in [0.25, 0.3) is 0 Å². The topological polar surface area (TPSA) is 29.5 Å². The Kier molecular flexibility index (Phi) is 5.35. The molecule has 0 aliphatic carbocycles. The number of nitrogens with zero attached hydrogens (tertiary/aromatic N) is 1. The van der Waals surface area contributed by atoms with Crippen molar-refractivity contribution in [2.45, 2.75) is 26.7 Å². The van der Waals surface area contributed by atoms with Crippen LogP contribution in [0.2, 0.25) is 0 Å². The van der Waals surface area contributed by atoms with E-state index in [2.05, 4.69) is 0 Å². The third-order valence-corrected chi connectivity index (χ3v) is 2.61. The molecular weight excluding hydrogens is 259 g/mol. The SMILES string of the molecule is CCOC(=O)c1ccccc1CN(CC)C(F)(F)F. The third-order valence-electron chi connectivity index (χ3n) is 2.61. The number of benzene rings is 1. The number of halogens is 3. The molecule has 0 amide bonds. The first-order valence-corrected chi connectivity index (χ1v) is 5.97. The Morgan fingerprint density at radius 1 is 1.26 bits per heavy atom. The summed E-state index contributed by atoms with van der Waals surface area (Å²) < 4.78 is 42.9. The normalized spacial score (nSPS) is 11.7. The molecule has 0 heterocycles. The molecule has 0 aliphatic heterocycles. The lowest BCUT2D eigenvalue weighted by Crippen LogP contribution is -2.37. The van der Waals surface area contributed by atoms with Gasteiger partial charge in [-0.15, -0.1) is 0 Å². The van der Waals surface area contributed by atoms with Crippen LogP contribution in [0.5, 0.6) is 0 Å². The predicted molar refractivity (Wildman–Crippen MR) is 64.5 cm³/mol. The molecule has 0 aliphatic rings. The lowest BCUT2D eigenvalue weighted by molar-refractivity contribution is -0.247. The van der Waals surface area contributed by atoms with E-state index in [1.54, 1.807) is 19.1 Å². The monoisotopic (exact) mass is 275 g/mol. The Hall–Kier alpha value is -1.56. The van der Waals surface area contributed by atoms with E-state index < -0.39 is 12.3 Å². The molecule has 1 rings (SSSR count). The number of hydrogen-bond acceptors (Lipinski definition) is 3. The van der Waals surface area contributed by atoms with Crippen LogP contribution in [0.1, 0.15) is 29.8 Å². The lowest BCUT2D eigenvalue weighted by atomic mass is 10.1. The van der Waals surface area contributed by atoms with Gasteiger partial charge in [0.2, 0.25) is 0 Å². The summed E-state index contributed by atoms with van der Waals surface area (Å²) >= 11 is 0. The summed E-state index contributed by atoms with van der Waals surface area (Å²) in [7, 11) is 0. The molecule has 0 N–H and O–H groups in total. The van der Waals surface area contributed by atoms with Crippen LogP contribution < -0.4 is 0 Å². The van der Waals surface area contributed by atoms with Gasteiger partial charge in [-0.05, 0) is 18.6 Å². The highest BCUT2D eigenvalue weighted by Gasteiger charge is 2.36. The number of esters is 1. The number of ether oxygens (including phenoxy) is 1. The minimum atomic E-state index is -4.42. The molecule has 106 valence electrons. The summed E-state index contributed by atoms with van der Waals surface area (Å²) in [6.45, 7) is 2.70. The van der Waals surface area contributed by atoms with Crippen molar-refractivity contribution in [2.24, 2.45) is 0 Å². The van der Waals surface area contributed by atoms with E-state index in [0.717, 1.165) is 0 Å². The summed E-state index contributed by atoms with van der Waals surface area (Å²) in [5, 5.41) is 0. The summed E-state index contributed by atoms with van der Waals surface area (Å²) in [4.78, 5) is 12.0. The van der Waals surface area contributed by atoms with Crippen molar-refractivity contribution >= 4 is 5.97 Å². The number of rotatable bonds is 5. The van der Waals surface area contributed by atoms with Crippen LogP contribution in [0.15, 0.2) is 24.3 Å². The van der Waals surface area contributed by atoms with Crippen LogP contribution in [0, 0.1) is 0 Å². The van der Waals surface area contributed by atoms with Gasteiger partial charge < -0.3 is 4.74 Å². The number of carbonyl (C=O) groups is 1. The minimum Gasteiger partial charge on any atom is -0.462 e. The second-order valence-electron chi connectivity index (χ2n) is 3.86. The average molecular weight is 275 g/mol. The fraction of sp³-hybridized carbons (Fsp3) is 0.462. The Balaban J connectivity index is 2.97. The van der Waals surface area contributed by atoms with Crippen LogP contribution >= 0.6 is 0 Å². The van der Waals surface area contributed by atoms with Crippen LogP contribution in [0.4, 0.5) is 13.2 Å². The fourth-order valence-corrected chi connectivity index (χ4v) is 1.65. The Bertz CT molecular complexity index is 432. The Labute approximate surface area is 110 Å². The van der Waals surface area contributed by atoms with Gasteiger partial charge in [0.1, 0.15) is 0 Å². The van der Waals surface area contributed by atoms with Gasteiger partial charge in [0.15, 0.2) is 0 Å². The van der Waals surface area contributed by atoms with Gasteiger partial charge in [-0.1, -0.05) is 25.1 Å². The van der Waals surface area contributed by atoms with E-state index in [4.69, 9.17) is 4.74 Å². The van der Waals surface area contributed by atoms with Crippen LogP contribution in [-0.4, -0.2) is 30.3 Å². The summed E-state index contributed by atoms with van der Waals surface area (Å²) in [5.74, 6) is -0.601. The molecule has 1 aromatic rings. The largest absolute Gasteiger partial charge is 0.462 e. The van der Waals surface area contributed by atoms with Crippen molar-refractivity contribution in [2.75, 3.05) is 13.2 Å². The Morgan fingerprint density at radius 2 is 1.89 bits per heavy atom. The van der Waals surface area contributed by atoms with E-state index in [1.165, 1.54) is 19.1 Å². The van der Waals surface area contributed by atoms with Crippen molar-refractivity contribution in [3.8, 4) is 0 Å². The van der Waals surface area contributed by atoms with Crippen molar-refractivity contribution in [1.82, 2.24) is 4.90 Å². The highest BCUT2D eigenvalue weighted by molar-refractivity contribution is 5.91. The van der Waals surface area contributed by atoms with Crippen molar-refractivity contribution in [1.29, 1.82) is 0 Å². The molecule has 0 aromatic heterocycles. The summed E-state index contributed by atoms with van der Waals surface area (Å²) in [5.41, 5.74) is 0.479. The maximum Gasteiger partial charge on any atom is 0.460 e. The van der Waals surface area contributed by atoms with Gasteiger partial charge in [-0.3, -0.25) is 0 Å². The van der Waals surface area contributed by atoms with E-state index in [0.29, 0.717) is 10.5 Å². The van der Waals surface area contributed by atoms with Gasteiger partial charge in [0.05, 0.1) is 12.2 Å². The highest BCUT2D eigenvalue weighted by Crippen LogP contribution is 2.24. The van der Waals surface area contributed by atoms with Crippen molar-refractivity contribution < 1.29 is 22.7 Å². The van der Waals surface area contributed by atoms with Crippen LogP contribution in [-0.2, 0) is 11.3 Å². The van der Waals surface area contributed by atoms with Gasteiger partial charge in [0, 0.05) is 13.1 Å². The zero-order valence-electron chi connectivity index (χ0n) is 10.8. The van der Waals surface area contributed by atoms with Gasteiger partial charge in [-0.25, -0.2) is 9.69 Å². The van der Waals surface area contributed by atoms with E-state index in [-0.39, 0.29) is 25.3 Å². The first-order valence-electron chi connectivity index (χ1n) is 5.97. The lowest BCUT2D eigenvalue weighted by Gasteiger charge is -2.24. The molecule has 0 saturated carbocycles. The zero-order chi connectivity index (χ0) is 14.5. The predicted octanol–water partition coefficient (Wildman–Crippen LogP) is 3.21. The van der Waals surface area contributed by atoms with E-state index >= 15 is 0 Å². The van der Waals surface area contributed by atoms with Crippen LogP contribution in [0.3, 0.4) is 0 Å². The molecule has 0 bridgehead atoms. The Morgan fingerprint density at radius 3 is 2.42 bits per heavy atom. The van der Waals surface area contributed by atoms with Crippen LogP contribution in [0.25, 0.3) is 0 Å². The number of hydrogen-bond donors (Lipinski definition) is 0. The maximum absolute atomic E-state index is 12.7. The second kappa shape index (κ2) is 6.56. The molecule has 19 heavy (non-hydrogen) atoms. The molecule has 0 atom stereocenters. The minimum absolute atomic E-state index is 0.173. The summed E-state index contributed by atoms with van der Waals surface area (Å²) in [6.07, 6.45) is -4.42. The molecule has 0 fully saturated rings. The maximum atomic E-state index is 12.7. The third kappa shape index (κ3) is 4.24. The van der Waals surface area contributed by atoms with Crippen molar-refractivity contribution in [3.05, 3.63) is 35.4 Å². The quantitative estimate of drug-likeness (QED) is 0.610. The standard InChI is InChI=1S/C13H16F3NO2/c1-3-17(13(14,15)16)9-10-7-5-6-8-11(10)12(18)19-4-2/h5-8H,3-4,9H2,1-2H3. The van der Waals surface area contributed by atoms with E-state index in [9.17, 15) is 18.0 Å². The molecule has 6 heteroatoms. The van der Waals surface area contributed by atoms with Crippen molar-refractivity contribution in [3.63, 3.8) is 0 Å². The molecule has 0 spiro atoms. The molecule has 3 nitrogen and oxygen atoms in total. The fourth-order valence-electron chi connectivity index (χ4n) is 1.65. The first-order chi connectivity index (χ1) is 8.90. The number of alkyl halides is 3.